The van der Waals surface area contributed by atoms with Crippen LogP contribution in [0.15, 0.2) is 47.2 Å². The molecule has 0 spiro atoms. The molecule has 1 aromatic carbocycles. The molecule has 2 unspecified atom stereocenters. The number of carbonyl (C=O) groups excluding carboxylic acids is 4. The molecule has 2 aliphatic heterocycles. The first kappa shape index (κ1) is 26.3. The Morgan fingerprint density at radius 2 is 1.82 bits per heavy atom. The third-order valence-electron chi connectivity index (χ3n) is 10.2. The van der Waals surface area contributed by atoms with Crippen LogP contribution in [0.1, 0.15) is 54.4 Å². The van der Waals surface area contributed by atoms with E-state index in [1.807, 2.05) is 40.6 Å². The molecule has 0 radical (unpaired) electrons. The number of carbonyl (C=O) groups is 4. The van der Waals surface area contributed by atoms with Gasteiger partial charge in [-0.15, -0.1) is 0 Å². The molecule has 8 rings (SSSR count). The quantitative estimate of drug-likeness (QED) is 0.513. The molecule has 4 aliphatic carbocycles. The van der Waals surface area contributed by atoms with Gasteiger partial charge in [-0.05, 0) is 73.3 Å². The Morgan fingerprint density at radius 1 is 1.05 bits per heavy atom. The number of rotatable bonds is 8. The van der Waals surface area contributed by atoms with Crippen LogP contribution in [0.4, 0.5) is 0 Å². The summed E-state index contributed by atoms with van der Waals surface area (Å²) >= 11 is 3.03. The monoisotopic (exact) mass is 577 g/mol. The van der Waals surface area contributed by atoms with Gasteiger partial charge in [0.1, 0.15) is 12.1 Å². The second-order valence-corrected chi connectivity index (χ2v) is 14.3. The van der Waals surface area contributed by atoms with Crippen LogP contribution in [-0.4, -0.2) is 70.3 Å². The first-order valence-corrected chi connectivity index (χ1v) is 16.6. The summed E-state index contributed by atoms with van der Waals surface area (Å²) in [7, 11) is 0. The molecule has 1 aromatic heterocycles. The van der Waals surface area contributed by atoms with Crippen LogP contribution >= 0.6 is 23.1 Å². The largest absolute Gasteiger partial charge is 0.339 e. The zero-order valence-electron chi connectivity index (χ0n) is 22.5. The van der Waals surface area contributed by atoms with E-state index in [1.54, 1.807) is 28.1 Å². The normalized spacial score (nSPS) is 32.5. The van der Waals surface area contributed by atoms with Crippen LogP contribution in [-0.2, 0) is 20.1 Å². The lowest BCUT2D eigenvalue weighted by Crippen LogP contribution is -2.53. The average Bonchev–Trinajstić information content (AvgIpc) is 3.76. The van der Waals surface area contributed by atoms with Crippen molar-refractivity contribution in [2.45, 2.75) is 62.4 Å². The molecule has 6 aliphatic rings. The van der Waals surface area contributed by atoms with Crippen molar-refractivity contribution in [2.24, 2.45) is 23.2 Å². The van der Waals surface area contributed by atoms with E-state index in [1.165, 1.54) is 17.8 Å². The maximum Gasteiger partial charge on any atom is 0.252 e. The molecule has 5 atom stereocenters. The molecule has 9 heteroatoms. The Hall–Kier alpha value is -2.65. The summed E-state index contributed by atoms with van der Waals surface area (Å²) in [6, 6.07) is 10.2. The van der Waals surface area contributed by atoms with Crippen LogP contribution in [0, 0.1) is 23.2 Å². The zero-order chi connectivity index (χ0) is 27.4. The molecule has 40 heavy (non-hydrogen) atoms. The van der Waals surface area contributed by atoms with Crippen molar-refractivity contribution < 1.29 is 19.2 Å². The van der Waals surface area contributed by atoms with E-state index in [0.717, 1.165) is 37.0 Å². The summed E-state index contributed by atoms with van der Waals surface area (Å²) in [4.78, 5) is 58.0. The number of Topliss-reactive ketones (excluding diaryl/α,β-unsaturated/α-hetero) is 1. The fraction of sp³-hybridized carbons (Fsp3) is 0.548. The average molecular weight is 578 g/mol. The SMILES string of the molecule is O=C(N[C@@H](CSCc1ccccc1)C(=O)N1CC[C@@H]2[C@H]1C(=O)CN2C(=O)C12CC3CC(CC1C3)C2)c1ccsc1. The van der Waals surface area contributed by atoms with E-state index >= 15 is 0 Å². The number of amides is 3. The third-order valence-corrected chi connectivity index (χ3v) is 12.0. The summed E-state index contributed by atoms with van der Waals surface area (Å²) in [6.45, 7) is 0.538. The molecule has 3 heterocycles. The van der Waals surface area contributed by atoms with Crippen LogP contribution in [0.5, 0.6) is 0 Å². The lowest BCUT2D eigenvalue weighted by atomic mass is 9.74. The summed E-state index contributed by atoms with van der Waals surface area (Å²) in [6.07, 6.45) is 6.16. The van der Waals surface area contributed by atoms with Crippen LogP contribution < -0.4 is 5.32 Å². The number of hydrogen-bond donors (Lipinski definition) is 1. The van der Waals surface area contributed by atoms with Gasteiger partial charge in [0.2, 0.25) is 11.8 Å². The Bertz CT molecular complexity index is 1300. The van der Waals surface area contributed by atoms with Gasteiger partial charge >= 0.3 is 0 Å². The molecule has 3 amide bonds. The fourth-order valence-corrected chi connectivity index (χ4v) is 10.3. The van der Waals surface area contributed by atoms with Crippen LogP contribution in [0.25, 0.3) is 0 Å². The van der Waals surface area contributed by atoms with E-state index in [0.29, 0.717) is 42.0 Å². The fourth-order valence-electron chi connectivity index (χ4n) is 8.65. The molecule has 6 fully saturated rings. The van der Waals surface area contributed by atoms with E-state index in [9.17, 15) is 19.2 Å². The second-order valence-electron chi connectivity index (χ2n) is 12.5. The summed E-state index contributed by atoms with van der Waals surface area (Å²) in [5.74, 6) is 2.55. The van der Waals surface area contributed by atoms with Crippen LogP contribution in [0.3, 0.4) is 0 Å². The number of thiophene rings is 1. The number of nitrogens with zero attached hydrogens (tertiary/aromatic N) is 2. The molecule has 4 saturated carbocycles. The highest BCUT2D eigenvalue weighted by molar-refractivity contribution is 7.98. The van der Waals surface area contributed by atoms with Crippen molar-refractivity contribution in [1.82, 2.24) is 15.1 Å². The predicted octanol–water partition coefficient (Wildman–Crippen LogP) is 3.99. The van der Waals surface area contributed by atoms with Gasteiger partial charge in [-0.25, -0.2) is 0 Å². The lowest BCUT2D eigenvalue weighted by Gasteiger charge is -2.37. The number of nitrogens with one attached hydrogen (secondary N) is 1. The molecule has 2 aromatic rings. The summed E-state index contributed by atoms with van der Waals surface area (Å²) in [5, 5.41) is 6.57. The second kappa shape index (κ2) is 10.3. The van der Waals surface area contributed by atoms with Gasteiger partial charge in [0.15, 0.2) is 5.78 Å². The Morgan fingerprint density at radius 3 is 2.55 bits per heavy atom. The Kier molecular flexibility index (Phi) is 6.77. The smallest absolute Gasteiger partial charge is 0.252 e. The first-order chi connectivity index (χ1) is 19.4. The Balaban J connectivity index is 1.07. The lowest BCUT2D eigenvalue weighted by molar-refractivity contribution is -0.145. The number of benzene rings is 1. The van der Waals surface area contributed by atoms with Gasteiger partial charge in [-0.1, -0.05) is 30.3 Å². The maximum atomic E-state index is 14.1. The minimum Gasteiger partial charge on any atom is -0.339 e. The number of fused-ring (bicyclic) bond motifs is 1. The minimum absolute atomic E-state index is 0.0434. The molecular weight excluding hydrogens is 542 g/mol. The number of thioether (sulfide) groups is 1. The van der Waals surface area contributed by atoms with Crippen molar-refractivity contribution in [1.29, 1.82) is 0 Å². The zero-order valence-corrected chi connectivity index (χ0v) is 24.1. The summed E-state index contributed by atoms with van der Waals surface area (Å²) < 4.78 is 0. The van der Waals surface area contributed by atoms with Crippen molar-refractivity contribution in [2.75, 3.05) is 18.8 Å². The molecule has 210 valence electrons. The topological polar surface area (TPSA) is 86.8 Å². The van der Waals surface area contributed by atoms with Gasteiger partial charge in [-0.3, -0.25) is 19.2 Å². The van der Waals surface area contributed by atoms with E-state index in [-0.39, 0.29) is 41.5 Å². The van der Waals surface area contributed by atoms with Gasteiger partial charge in [0.25, 0.3) is 5.91 Å². The maximum absolute atomic E-state index is 14.1. The van der Waals surface area contributed by atoms with E-state index < -0.39 is 12.1 Å². The molecule has 4 bridgehead atoms. The van der Waals surface area contributed by atoms with Crippen molar-refractivity contribution in [3.63, 3.8) is 0 Å². The first-order valence-electron chi connectivity index (χ1n) is 14.5. The highest BCUT2D eigenvalue weighted by Gasteiger charge is 2.64. The summed E-state index contributed by atoms with van der Waals surface area (Å²) in [5.41, 5.74) is 1.41. The van der Waals surface area contributed by atoms with Gasteiger partial charge in [0, 0.05) is 23.4 Å². The van der Waals surface area contributed by atoms with E-state index in [2.05, 4.69) is 5.32 Å². The molecular formula is C31H35N3O4S2. The Labute approximate surface area is 243 Å². The van der Waals surface area contributed by atoms with Crippen molar-refractivity contribution >= 4 is 46.6 Å². The van der Waals surface area contributed by atoms with Gasteiger partial charge in [0.05, 0.1) is 23.6 Å². The molecule has 2 saturated heterocycles. The van der Waals surface area contributed by atoms with Gasteiger partial charge in [-0.2, -0.15) is 23.1 Å². The highest BCUT2D eigenvalue weighted by Crippen LogP contribution is 2.66. The van der Waals surface area contributed by atoms with Crippen LogP contribution in [0.2, 0.25) is 0 Å². The molecule has 1 N–H and O–H groups in total. The highest BCUT2D eigenvalue weighted by atomic mass is 32.2. The molecule has 7 nitrogen and oxygen atoms in total. The van der Waals surface area contributed by atoms with E-state index in [4.69, 9.17) is 0 Å². The van der Waals surface area contributed by atoms with Gasteiger partial charge < -0.3 is 15.1 Å². The number of ketones is 1. The van der Waals surface area contributed by atoms with Crippen molar-refractivity contribution in [3.8, 4) is 0 Å². The third kappa shape index (κ3) is 4.40. The number of hydrogen-bond acceptors (Lipinski definition) is 6. The van der Waals surface area contributed by atoms with Crippen molar-refractivity contribution in [3.05, 3.63) is 58.3 Å². The standard InChI is InChI=1S/C31H35N3O4S2/c35-26-15-34(30(38)31-13-20-10-21(14-31)12-23(31)11-20)25-6-8-33(27(25)26)29(37)24(32-28(36)22-7-9-39-17-22)18-40-16-19-4-2-1-3-5-19/h1-5,7,9,17,20-21,23-25,27H,6,8,10-16,18H2,(H,32,36)/t20?,21?,23?,24-,25+,27-,31?/m0/s1. The minimum atomic E-state index is -0.753. The number of likely N-dealkylation sites (tertiary alicyclic amines) is 2. The predicted molar refractivity (Wildman–Crippen MR) is 155 cm³/mol.